The number of anilines is 3. The van der Waals surface area contributed by atoms with Gasteiger partial charge in [0.1, 0.15) is 16.5 Å². The van der Waals surface area contributed by atoms with E-state index in [-0.39, 0.29) is 17.2 Å². The molecule has 3 heterocycles. The maximum Gasteiger partial charge on any atom is 0.586 e. The fraction of sp³-hybridized carbons (Fsp3) is 0.158. The number of nitrogens with one attached hydrogen (secondary N) is 4. The molecule has 10 nitrogen and oxygen atoms in total. The largest absolute Gasteiger partial charge is 0.586 e. The number of alkyl halides is 2. The van der Waals surface area contributed by atoms with Gasteiger partial charge < -0.3 is 25.4 Å². The van der Waals surface area contributed by atoms with Crippen LogP contribution in [0.25, 0.3) is 0 Å². The molecule has 0 spiro atoms. The number of urea groups is 1. The van der Waals surface area contributed by atoms with E-state index in [0.717, 1.165) is 16.9 Å². The highest BCUT2D eigenvalue weighted by atomic mass is 32.1. The highest BCUT2D eigenvalue weighted by Crippen LogP contribution is 2.42. The summed E-state index contributed by atoms with van der Waals surface area (Å²) in [5.74, 6) is -0.0481. The third-order valence-corrected chi connectivity index (χ3v) is 5.01. The van der Waals surface area contributed by atoms with Crippen molar-refractivity contribution in [2.24, 2.45) is 0 Å². The van der Waals surface area contributed by atoms with Crippen molar-refractivity contribution in [1.82, 2.24) is 15.3 Å². The average molecular weight is 462 g/mol. The maximum atomic E-state index is 13.2. The number of rotatable bonds is 6. The molecule has 0 saturated heterocycles. The van der Waals surface area contributed by atoms with Crippen molar-refractivity contribution in [2.45, 2.75) is 12.8 Å². The highest BCUT2D eigenvalue weighted by Gasteiger charge is 2.43. The summed E-state index contributed by atoms with van der Waals surface area (Å²) < 4.78 is 35.1. The first kappa shape index (κ1) is 21.2. The number of aromatic nitrogens is 2. The highest BCUT2D eigenvalue weighted by molar-refractivity contribution is 7.12. The topological polar surface area (TPSA) is 127 Å². The van der Waals surface area contributed by atoms with E-state index < -0.39 is 18.2 Å². The molecule has 2 aromatic heterocycles. The van der Waals surface area contributed by atoms with E-state index in [4.69, 9.17) is 0 Å². The lowest BCUT2D eigenvalue weighted by molar-refractivity contribution is -0.286. The van der Waals surface area contributed by atoms with E-state index in [1.807, 2.05) is 0 Å². The quantitative estimate of drug-likeness (QED) is 0.442. The van der Waals surface area contributed by atoms with Gasteiger partial charge in [-0.2, -0.15) is 0 Å². The summed E-state index contributed by atoms with van der Waals surface area (Å²) in [6.07, 6.45) is -2.19. The minimum Gasteiger partial charge on any atom is -0.395 e. The molecule has 166 valence electrons. The molecule has 0 bridgehead atoms. The lowest BCUT2D eigenvalue weighted by Gasteiger charge is -2.09. The number of fused-ring (bicyclic) bond motifs is 1. The number of hydrogen-bond acceptors (Lipinski definition) is 8. The van der Waals surface area contributed by atoms with Crippen LogP contribution in [0.15, 0.2) is 42.0 Å². The van der Waals surface area contributed by atoms with Crippen LogP contribution < -0.4 is 30.7 Å². The number of thiazole rings is 1. The molecule has 0 atom stereocenters. The number of pyridine rings is 1. The predicted octanol–water partition coefficient (Wildman–Crippen LogP) is 3.48. The van der Waals surface area contributed by atoms with E-state index in [2.05, 4.69) is 40.7 Å². The minimum atomic E-state index is -3.73. The van der Waals surface area contributed by atoms with Crippen LogP contribution in [-0.4, -0.2) is 35.2 Å². The molecule has 3 aromatic rings. The van der Waals surface area contributed by atoms with E-state index in [9.17, 15) is 18.4 Å². The monoisotopic (exact) mass is 462 g/mol. The molecule has 13 heteroatoms. The van der Waals surface area contributed by atoms with Crippen molar-refractivity contribution < 1.29 is 27.8 Å². The second kappa shape index (κ2) is 8.63. The second-order valence-electron chi connectivity index (χ2n) is 6.42. The number of carbonyl (C=O) groups is 2. The van der Waals surface area contributed by atoms with Crippen LogP contribution in [0, 0.1) is 0 Å². The molecular weight excluding hydrogens is 446 g/mol. The van der Waals surface area contributed by atoms with Crippen LogP contribution >= 0.6 is 11.3 Å². The Morgan fingerprint density at radius 1 is 1.09 bits per heavy atom. The third-order valence-electron chi connectivity index (χ3n) is 4.19. The van der Waals surface area contributed by atoms with Gasteiger partial charge in [0.15, 0.2) is 11.5 Å². The summed E-state index contributed by atoms with van der Waals surface area (Å²) in [6, 6.07) is 6.99. The van der Waals surface area contributed by atoms with Crippen LogP contribution in [0.4, 0.5) is 30.9 Å². The van der Waals surface area contributed by atoms with Crippen LogP contribution in [0.3, 0.4) is 0 Å². The number of halogens is 2. The molecule has 0 saturated carbocycles. The molecule has 3 amide bonds. The van der Waals surface area contributed by atoms with Gasteiger partial charge in [-0.3, -0.25) is 10.1 Å². The van der Waals surface area contributed by atoms with Crippen LogP contribution in [-0.2, 0) is 6.54 Å². The van der Waals surface area contributed by atoms with Gasteiger partial charge in [0, 0.05) is 31.5 Å². The van der Waals surface area contributed by atoms with Gasteiger partial charge in [0.2, 0.25) is 0 Å². The van der Waals surface area contributed by atoms with Gasteiger partial charge in [0.05, 0.1) is 5.51 Å². The number of benzene rings is 1. The first-order valence-corrected chi connectivity index (χ1v) is 10.0. The Morgan fingerprint density at radius 2 is 1.91 bits per heavy atom. The second-order valence-corrected chi connectivity index (χ2v) is 7.27. The normalized spacial score (nSPS) is 13.3. The molecular formula is C19H16F2N6O4S. The molecule has 1 aromatic carbocycles. The van der Waals surface area contributed by atoms with Gasteiger partial charge in [0.25, 0.3) is 5.91 Å². The lowest BCUT2D eigenvalue weighted by atomic mass is 10.2. The average Bonchev–Trinajstić information content (AvgIpc) is 3.34. The van der Waals surface area contributed by atoms with E-state index in [0.29, 0.717) is 23.1 Å². The van der Waals surface area contributed by atoms with Gasteiger partial charge in [-0.25, -0.2) is 14.8 Å². The molecule has 0 radical (unpaired) electrons. The van der Waals surface area contributed by atoms with Crippen molar-refractivity contribution in [3.63, 3.8) is 0 Å². The van der Waals surface area contributed by atoms with Crippen LogP contribution in [0.2, 0.25) is 0 Å². The number of nitrogens with zero attached hydrogens (tertiary/aromatic N) is 2. The maximum absolute atomic E-state index is 13.2. The summed E-state index contributed by atoms with van der Waals surface area (Å²) in [5, 5.41) is 10.7. The molecule has 4 N–H and O–H groups in total. The molecule has 0 aliphatic carbocycles. The lowest BCUT2D eigenvalue weighted by Crippen LogP contribution is -2.25. The SMILES string of the molecule is CNC(=O)Nc1cc(CNc2ncsc2C(=O)Nc2ccc3c(c2)OC(F)(F)O3)ccn1. The van der Waals surface area contributed by atoms with Crippen molar-refractivity contribution in [3.05, 3.63) is 52.5 Å². The van der Waals surface area contributed by atoms with E-state index in [1.165, 1.54) is 30.8 Å². The van der Waals surface area contributed by atoms with Crippen LogP contribution in [0.1, 0.15) is 15.2 Å². The van der Waals surface area contributed by atoms with E-state index >= 15 is 0 Å². The molecule has 4 rings (SSSR count). The summed E-state index contributed by atoms with van der Waals surface area (Å²) in [7, 11) is 1.49. The first-order chi connectivity index (χ1) is 15.3. The molecule has 1 aliphatic rings. The van der Waals surface area contributed by atoms with Gasteiger partial charge in [-0.15, -0.1) is 20.1 Å². The number of ether oxygens (including phenoxy) is 2. The van der Waals surface area contributed by atoms with E-state index in [1.54, 1.807) is 18.3 Å². The van der Waals surface area contributed by atoms with Gasteiger partial charge >= 0.3 is 12.3 Å². The Labute approximate surface area is 184 Å². The summed E-state index contributed by atoms with van der Waals surface area (Å²) in [4.78, 5) is 32.6. The number of hydrogen-bond donors (Lipinski definition) is 4. The first-order valence-electron chi connectivity index (χ1n) is 9.15. The zero-order valence-electron chi connectivity index (χ0n) is 16.4. The third kappa shape index (κ3) is 4.83. The molecule has 0 unspecified atom stereocenters. The molecule has 32 heavy (non-hydrogen) atoms. The van der Waals surface area contributed by atoms with Crippen molar-refractivity contribution in [3.8, 4) is 11.5 Å². The summed E-state index contributed by atoms with van der Waals surface area (Å²) in [6.45, 7) is 0.314. The Kier molecular flexibility index (Phi) is 5.73. The van der Waals surface area contributed by atoms with Gasteiger partial charge in [-0.05, 0) is 29.8 Å². The molecule has 0 fully saturated rings. The smallest absolute Gasteiger partial charge is 0.395 e. The minimum absolute atomic E-state index is 0.115. The Morgan fingerprint density at radius 3 is 2.72 bits per heavy atom. The van der Waals surface area contributed by atoms with Crippen molar-refractivity contribution in [2.75, 3.05) is 23.0 Å². The summed E-state index contributed by atoms with van der Waals surface area (Å²) in [5.41, 5.74) is 2.55. The van der Waals surface area contributed by atoms with Crippen molar-refractivity contribution in [1.29, 1.82) is 0 Å². The fourth-order valence-electron chi connectivity index (χ4n) is 2.77. The predicted molar refractivity (Wildman–Crippen MR) is 112 cm³/mol. The fourth-order valence-corrected chi connectivity index (χ4v) is 3.42. The summed E-state index contributed by atoms with van der Waals surface area (Å²) >= 11 is 1.11. The zero-order valence-corrected chi connectivity index (χ0v) is 17.3. The Bertz CT molecular complexity index is 1170. The standard InChI is InChI=1S/C19H16F2N6O4S/c1-22-18(29)27-14-6-10(4-5-23-14)8-24-16-15(32-9-25-16)17(28)26-11-2-3-12-13(7-11)31-19(20,21)30-12/h2-7,9,24H,8H2,1H3,(H,26,28)(H2,22,23,27,29). The zero-order chi connectivity index (χ0) is 22.7. The number of carbonyl (C=O) groups excluding carboxylic acids is 2. The van der Waals surface area contributed by atoms with Gasteiger partial charge in [-0.1, -0.05) is 0 Å². The van der Waals surface area contributed by atoms with Crippen molar-refractivity contribution >= 4 is 40.6 Å². The number of amides is 3. The van der Waals surface area contributed by atoms with Crippen LogP contribution in [0.5, 0.6) is 11.5 Å². The Balaban J connectivity index is 1.40. The Hall–Kier alpha value is -4.00. The molecule has 1 aliphatic heterocycles.